The minimum Gasteiger partial charge on any atom is -0.494 e. The normalized spacial score (nSPS) is 12.2. The summed E-state index contributed by atoms with van der Waals surface area (Å²) in [6.45, 7) is 4.29. The Morgan fingerprint density at radius 3 is 2.81 bits per heavy atom. The molecule has 0 spiro atoms. The van der Waals surface area contributed by atoms with E-state index in [1.807, 2.05) is 13.8 Å². The van der Waals surface area contributed by atoms with E-state index in [2.05, 4.69) is 4.98 Å². The highest BCUT2D eigenvalue weighted by molar-refractivity contribution is 6.00. The molecule has 16 heavy (non-hydrogen) atoms. The predicted molar refractivity (Wildman–Crippen MR) is 60.8 cm³/mol. The van der Waals surface area contributed by atoms with Crippen LogP contribution in [0.1, 0.15) is 30.8 Å². The zero-order valence-electron chi connectivity index (χ0n) is 9.90. The first-order valence-electron chi connectivity index (χ1n) is 5.39. The van der Waals surface area contributed by atoms with Crippen LogP contribution < -0.4 is 4.74 Å². The summed E-state index contributed by atoms with van der Waals surface area (Å²) < 4.78 is 10.5. The molecule has 88 valence electrons. The van der Waals surface area contributed by atoms with Crippen molar-refractivity contribution >= 4 is 5.78 Å². The predicted octanol–water partition coefficient (Wildman–Crippen LogP) is 2.09. The third-order valence-electron chi connectivity index (χ3n) is 2.26. The van der Waals surface area contributed by atoms with Gasteiger partial charge in [0, 0.05) is 12.8 Å². The van der Waals surface area contributed by atoms with Gasteiger partial charge in [-0.2, -0.15) is 0 Å². The largest absolute Gasteiger partial charge is 0.494 e. The first-order valence-corrected chi connectivity index (χ1v) is 5.39. The van der Waals surface area contributed by atoms with E-state index in [0.717, 1.165) is 0 Å². The van der Waals surface area contributed by atoms with Gasteiger partial charge in [0.25, 0.3) is 0 Å². The maximum atomic E-state index is 12.1. The van der Waals surface area contributed by atoms with Crippen LogP contribution in [-0.2, 0) is 4.74 Å². The van der Waals surface area contributed by atoms with Gasteiger partial charge in [0.1, 0.15) is 11.9 Å². The van der Waals surface area contributed by atoms with Crippen LogP contribution in [0.25, 0.3) is 0 Å². The van der Waals surface area contributed by atoms with E-state index >= 15 is 0 Å². The first kappa shape index (κ1) is 12.6. The average molecular weight is 223 g/mol. The van der Waals surface area contributed by atoms with Crippen LogP contribution >= 0.6 is 0 Å². The number of carbonyl (C=O) groups excluding carboxylic acids is 1. The average Bonchev–Trinajstić information content (AvgIpc) is 2.35. The molecule has 0 saturated heterocycles. The quantitative estimate of drug-likeness (QED) is 0.693. The van der Waals surface area contributed by atoms with Gasteiger partial charge in [0.2, 0.25) is 5.78 Å². The van der Waals surface area contributed by atoms with Crippen LogP contribution in [0.3, 0.4) is 0 Å². The van der Waals surface area contributed by atoms with Gasteiger partial charge in [-0.1, -0.05) is 6.92 Å². The van der Waals surface area contributed by atoms with Gasteiger partial charge in [0.05, 0.1) is 7.11 Å². The van der Waals surface area contributed by atoms with Crippen molar-refractivity contribution in [2.45, 2.75) is 26.4 Å². The third-order valence-corrected chi connectivity index (χ3v) is 2.26. The molecule has 1 unspecified atom stereocenters. The molecule has 0 N–H and O–H groups in total. The van der Waals surface area contributed by atoms with E-state index in [1.165, 1.54) is 7.11 Å². The molecule has 0 aliphatic rings. The summed E-state index contributed by atoms with van der Waals surface area (Å²) in [6, 6.07) is 3.45. The number of Topliss-reactive ketones (excluding diaryl/α,β-unsaturated/α-hetero) is 1. The maximum Gasteiger partial charge on any atom is 0.213 e. The topological polar surface area (TPSA) is 48.4 Å². The van der Waals surface area contributed by atoms with Crippen LogP contribution in [0.15, 0.2) is 18.3 Å². The molecule has 1 aromatic rings. The van der Waals surface area contributed by atoms with E-state index in [-0.39, 0.29) is 5.78 Å². The SMILES string of the molecule is CCOC(CC)C(=O)c1ncccc1OC. The fourth-order valence-electron chi connectivity index (χ4n) is 1.47. The van der Waals surface area contributed by atoms with Gasteiger partial charge in [-0.15, -0.1) is 0 Å². The molecule has 0 aromatic carbocycles. The molecule has 4 heteroatoms. The van der Waals surface area contributed by atoms with Gasteiger partial charge in [0.15, 0.2) is 5.69 Å². The summed E-state index contributed by atoms with van der Waals surface area (Å²) in [6.07, 6.45) is 1.77. The Kier molecular flexibility index (Phi) is 4.92. The molecule has 0 saturated carbocycles. The van der Waals surface area contributed by atoms with Gasteiger partial charge in [-0.05, 0) is 25.5 Å². The number of carbonyl (C=O) groups is 1. The summed E-state index contributed by atoms with van der Waals surface area (Å²) in [4.78, 5) is 16.1. The van der Waals surface area contributed by atoms with E-state index in [9.17, 15) is 4.79 Å². The molecular formula is C12H17NO3. The lowest BCUT2D eigenvalue weighted by Crippen LogP contribution is -2.25. The molecule has 0 amide bonds. The summed E-state index contributed by atoms with van der Waals surface area (Å²) in [5.74, 6) is 0.368. The molecule has 4 nitrogen and oxygen atoms in total. The molecular weight excluding hydrogens is 206 g/mol. The molecule has 0 bridgehead atoms. The lowest BCUT2D eigenvalue weighted by atomic mass is 10.1. The lowest BCUT2D eigenvalue weighted by Gasteiger charge is -2.14. The minimum atomic E-state index is -0.436. The van der Waals surface area contributed by atoms with E-state index in [4.69, 9.17) is 9.47 Å². The Bertz CT molecular complexity index is 352. The molecule has 0 fully saturated rings. The molecule has 0 aliphatic carbocycles. The van der Waals surface area contributed by atoms with Gasteiger partial charge in [-0.25, -0.2) is 4.98 Å². The number of aromatic nitrogens is 1. The summed E-state index contributed by atoms with van der Waals surface area (Å²) >= 11 is 0. The Balaban J connectivity index is 2.93. The molecule has 0 radical (unpaired) electrons. The second kappa shape index (κ2) is 6.23. The summed E-state index contributed by atoms with van der Waals surface area (Å²) in [7, 11) is 1.52. The number of hydrogen-bond donors (Lipinski definition) is 0. The Labute approximate surface area is 95.6 Å². The zero-order chi connectivity index (χ0) is 12.0. The smallest absolute Gasteiger partial charge is 0.213 e. The number of nitrogens with zero attached hydrogens (tertiary/aromatic N) is 1. The van der Waals surface area contributed by atoms with Crippen LogP contribution in [0.4, 0.5) is 0 Å². The highest BCUT2D eigenvalue weighted by Gasteiger charge is 2.22. The zero-order valence-corrected chi connectivity index (χ0v) is 9.90. The number of ketones is 1. The fraction of sp³-hybridized carbons (Fsp3) is 0.500. The van der Waals surface area contributed by atoms with Crippen molar-refractivity contribution in [3.05, 3.63) is 24.0 Å². The molecule has 0 aliphatic heterocycles. The van der Waals surface area contributed by atoms with Crippen molar-refractivity contribution in [1.82, 2.24) is 4.98 Å². The second-order valence-corrected chi connectivity index (χ2v) is 3.27. The van der Waals surface area contributed by atoms with Gasteiger partial charge >= 0.3 is 0 Å². The number of hydrogen-bond acceptors (Lipinski definition) is 4. The van der Waals surface area contributed by atoms with Crippen molar-refractivity contribution in [1.29, 1.82) is 0 Å². The van der Waals surface area contributed by atoms with Crippen molar-refractivity contribution in [3.63, 3.8) is 0 Å². The first-order chi connectivity index (χ1) is 7.74. The highest BCUT2D eigenvalue weighted by Crippen LogP contribution is 2.18. The van der Waals surface area contributed by atoms with E-state index < -0.39 is 6.10 Å². The third kappa shape index (κ3) is 2.79. The standard InChI is InChI=1S/C12H17NO3/c1-4-9(16-5-2)12(14)11-10(15-3)7-6-8-13-11/h6-9H,4-5H2,1-3H3. The van der Waals surface area contributed by atoms with Crippen molar-refractivity contribution in [2.24, 2.45) is 0 Å². The Morgan fingerprint density at radius 2 is 2.25 bits per heavy atom. The highest BCUT2D eigenvalue weighted by atomic mass is 16.5. The summed E-state index contributed by atoms with van der Waals surface area (Å²) in [5, 5.41) is 0. The van der Waals surface area contributed by atoms with Crippen molar-refractivity contribution < 1.29 is 14.3 Å². The van der Waals surface area contributed by atoms with Gasteiger partial charge in [-0.3, -0.25) is 4.79 Å². The lowest BCUT2D eigenvalue weighted by molar-refractivity contribution is 0.0436. The summed E-state index contributed by atoms with van der Waals surface area (Å²) in [5.41, 5.74) is 0.338. The Morgan fingerprint density at radius 1 is 1.50 bits per heavy atom. The van der Waals surface area contributed by atoms with Crippen molar-refractivity contribution in [3.8, 4) is 5.75 Å². The fourth-order valence-corrected chi connectivity index (χ4v) is 1.47. The second-order valence-electron chi connectivity index (χ2n) is 3.27. The van der Waals surface area contributed by atoms with Crippen LogP contribution in [0.2, 0.25) is 0 Å². The molecule has 1 heterocycles. The van der Waals surface area contributed by atoms with Crippen LogP contribution in [0, 0.1) is 0 Å². The molecule has 1 atom stereocenters. The number of rotatable bonds is 6. The number of ether oxygens (including phenoxy) is 2. The number of pyridine rings is 1. The number of methoxy groups -OCH3 is 1. The molecule has 1 rings (SSSR count). The maximum absolute atomic E-state index is 12.1. The van der Waals surface area contributed by atoms with E-state index in [1.54, 1.807) is 18.3 Å². The Hall–Kier alpha value is -1.42. The van der Waals surface area contributed by atoms with Crippen molar-refractivity contribution in [2.75, 3.05) is 13.7 Å². The van der Waals surface area contributed by atoms with E-state index in [0.29, 0.717) is 24.5 Å². The van der Waals surface area contributed by atoms with Crippen LogP contribution in [0.5, 0.6) is 5.75 Å². The van der Waals surface area contributed by atoms with Crippen LogP contribution in [-0.4, -0.2) is 30.6 Å². The molecule has 1 aromatic heterocycles. The minimum absolute atomic E-state index is 0.123. The van der Waals surface area contributed by atoms with Gasteiger partial charge < -0.3 is 9.47 Å². The monoisotopic (exact) mass is 223 g/mol.